The maximum atomic E-state index is 14.6. The Labute approximate surface area is 173 Å². The number of hydrogen-bond donors (Lipinski definition) is 1. The molecule has 0 aliphatic rings. The number of benzene rings is 1. The van der Waals surface area contributed by atoms with Crippen LogP contribution in [-0.4, -0.2) is 36.4 Å². The van der Waals surface area contributed by atoms with Crippen LogP contribution in [0.15, 0.2) is 41.7 Å². The molecule has 0 aliphatic carbocycles. The molecule has 0 bridgehead atoms. The maximum absolute atomic E-state index is 14.6. The van der Waals surface area contributed by atoms with Gasteiger partial charge in [0.05, 0.1) is 47.9 Å². The van der Waals surface area contributed by atoms with Gasteiger partial charge in [-0.1, -0.05) is 0 Å². The lowest BCUT2D eigenvalue weighted by Crippen LogP contribution is -2.22. The van der Waals surface area contributed by atoms with E-state index >= 15 is 0 Å². The number of rotatable bonds is 3. The van der Waals surface area contributed by atoms with E-state index in [1.54, 1.807) is 25.4 Å². The smallest absolute Gasteiger partial charge is 0.333 e. The number of aromatic amines is 1. The summed E-state index contributed by atoms with van der Waals surface area (Å²) in [4.78, 5) is 21.0. The average Bonchev–Trinajstić information content (AvgIpc) is 3.29. The van der Waals surface area contributed by atoms with Gasteiger partial charge in [-0.05, 0) is 13.0 Å². The second-order valence-electron chi connectivity index (χ2n) is 7.07. The highest BCUT2D eigenvalue weighted by atomic mass is 19.1. The Morgan fingerprint density at radius 3 is 2.48 bits per heavy atom. The molecule has 1 N–H and O–H groups in total. The van der Waals surface area contributed by atoms with Gasteiger partial charge in [-0.25, -0.2) is 13.6 Å². The third-order valence-corrected chi connectivity index (χ3v) is 5.38. The van der Waals surface area contributed by atoms with Crippen LogP contribution in [0.3, 0.4) is 0 Å². The molecule has 5 aromatic rings. The van der Waals surface area contributed by atoms with Crippen LogP contribution in [0.4, 0.5) is 8.78 Å². The fourth-order valence-corrected chi connectivity index (χ4v) is 3.86. The molecule has 0 fully saturated rings. The van der Waals surface area contributed by atoms with Crippen molar-refractivity contribution in [1.82, 2.24) is 29.3 Å². The molecule has 0 atom stereocenters. The fraction of sp³-hybridized carbons (Fsp3) is 0.143. The number of fused-ring (bicyclic) bond motifs is 3. The Morgan fingerprint density at radius 1 is 1.10 bits per heavy atom. The number of imidazole rings is 1. The average molecular weight is 422 g/mol. The SMILES string of the molecule is COc1cc2ncc3c(c2cc1-c1c[nH]nc1C)n(-c1c(F)cncc1F)c(=O)n3C. The molecule has 0 saturated carbocycles. The van der Waals surface area contributed by atoms with Crippen molar-refractivity contribution in [3.05, 3.63) is 64.7 Å². The van der Waals surface area contributed by atoms with Gasteiger partial charge in [-0.3, -0.25) is 24.2 Å². The van der Waals surface area contributed by atoms with Crippen molar-refractivity contribution in [3.8, 4) is 22.6 Å². The van der Waals surface area contributed by atoms with Gasteiger partial charge in [-0.2, -0.15) is 5.10 Å². The predicted octanol–water partition coefficient (Wildman–Crippen LogP) is 3.26. The first kappa shape index (κ1) is 18.9. The van der Waals surface area contributed by atoms with Crippen LogP contribution in [0, 0.1) is 18.6 Å². The molecular formula is C21H16F2N6O2. The molecule has 4 aromatic heterocycles. The largest absolute Gasteiger partial charge is 0.496 e. The molecule has 31 heavy (non-hydrogen) atoms. The molecule has 0 unspecified atom stereocenters. The van der Waals surface area contributed by atoms with Gasteiger partial charge in [0.1, 0.15) is 11.4 Å². The molecule has 10 heteroatoms. The minimum Gasteiger partial charge on any atom is -0.496 e. The van der Waals surface area contributed by atoms with Gasteiger partial charge in [0.15, 0.2) is 11.6 Å². The number of H-pyrrole nitrogens is 1. The molecule has 0 spiro atoms. The first-order valence-electron chi connectivity index (χ1n) is 9.30. The first-order valence-corrected chi connectivity index (χ1v) is 9.30. The highest BCUT2D eigenvalue weighted by Crippen LogP contribution is 2.37. The molecule has 0 amide bonds. The van der Waals surface area contributed by atoms with Crippen LogP contribution >= 0.6 is 0 Å². The predicted molar refractivity (Wildman–Crippen MR) is 110 cm³/mol. The second-order valence-corrected chi connectivity index (χ2v) is 7.07. The first-order chi connectivity index (χ1) is 14.9. The molecule has 0 saturated heterocycles. The highest BCUT2D eigenvalue weighted by molar-refractivity contribution is 6.05. The molecule has 8 nitrogen and oxygen atoms in total. The van der Waals surface area contributed by atoms with Gasteiger partial charge in [-0.15, -0.1) is 0 Å². The summed E-state index contributed by atoms with van der Waals surface area (Å²) in [5.74, 6) is -1.34. The quantitative estimate of drug-likeness (QED) is 0.482. The second kappa shape index (κ2) is 6.73. The van der Waals surface area contributed by atoms with Gasteiger partial charge in [0.2, 0.25) is 0 Å². The highest BCUT2D eigenvalue weighted by Gasteiger charge is 2.23. The van der Waals surface area contributed by atoms with Gasteiger partial charge in [0.25, 0.3) is 0 Å². The third-order valence-electron chi connectivity index (χ3n) is 5.38. The van der Waals surface area contributed by atoms with Crippen LogP contribution in [0.2, 0.25) is 0 Å². The number of hydrogen-bond acceptors (Lipinski definition) is 5. The summed E-state index contributed by atoms with van der Waals surface area (Å²) in [7, 11) is 3.06. The molecule has 1 aromatic carbocycles. The number of aryl methyl sites for hydroxylation is 2. The maximum Gasteiger partial charge on any atom is 0.333 e. The summed E-state index contributed by atoms with van der Waals surface area (Å²) >= 11 is 0. The van der Waals surface area contributed by atoms with Crippen LogP contribution in [0.5, 0.6) is 5.75 Å². The van der Waals surface area contributed by atoms with E-state index in [4.69, 9.17) is 4.74 Å². The summed E-state index contributed by atoms with van der Waals surface area (Å²) in [6.45, 7) is 1.84. The van der Waals surface area contributed by atoms with E-state index < -0.39 is 23.0 Å². The summed E-state index contributed by atoms with van der Waals surface area (Å²) in [5.41, 5.74) is 2.40. The number of methoxy groups -OCH3 is 1. The van der Waals surface area contributed by atoms with Crippen LogP contribution in [0.25, 0.3) is 38.8 Å². The van der Waals surface area contributed by atoms with Crippen molar-refractivity contribution >= 4 is 21.9 Å². The summed E-state index contributed by atoms with van der Waals surface area (Å²) in [6, 6.07) is 3.51. The number of halogens is 2. The number of aromatic nitrogens is 6. The van der Waals surface area contributed by atoms with E-state index in [1.807, 2.05) is 6.92 Å². The Balaban J connectivity index is 1.98. The lowest BCUT2D eigenvalue weighted by molar-refractivity contribution is 0.417. The molecule has 0 radical (unpaired) electrons. The van der Waals surface area contributed by atoms with E-state index in [-0.39, 0.29) is 0 Å². The zero-order valence-corrected chi connectivity index (χ0v) is 16.8. The Kier molecular flexibility index (Phi) is 4.10. The molecule has 0 aliphatic heterocycles. The fourth-order valence-electron chi connectivity index (χ4n) is 3.86. The zero-order chi connectivity index (χ0) is 21.9. The van der Waals surface area contributed by atoms with Crippen molar-refractivity contribution in [3.63, 3.8) is 0 Å². The number of nitrogens with zero attached hydrogens (tertiary/aromatic N) is 5. The van der Waals surface area contributed by atoms with E-state index in [0.29, 0.717) is 33.2 Å². The third kappa shape index (κ3) is 2.64. The van der Waals surface area contributed by atoms with E-state index in [2.05, 4.69) is 20.2 Å². The van der Waals surface area contributed by atoms with Crippen molar-refractivity contribution in [2.75, 3.05) is 7.11 Å². The van der Waals surface area contributed by atoms with E-state index in [0.717, 1.165) is 28.2 Å². The van der Waals surface area contributed by atoms with Gasteiger partial charge in [0, 0.05) is 35.8 Å². The van der Waals surface area contributed by atoms with Crippen molar-refractivity contribution in [2.45, 2.75) is 6.92 Å². The normalized spacial score (nSPS) is 11.5. The molecule has 5 rings (SSSR count). The molecule has 156 valence electrons. The van der Waals surface area contributed by atoms with Crippen molar-refractivity contribution in [1.29, 1.82) is 0 Å². The number of nitrogens with one attached hydrogen (secondary N) is 1. The zero-order valence-electron chi connectivity index (χ0n) is 16.8. The van der Waals surface area contributed by atoms with Gasteiger partial charge >= 0.3 is 5.69 Å². The lowest BCUT2D eigenvalue weighted by Gasteiger charge is -2.12. The van der Waals surface area contributed by atoms with Crippen LogP contribution < -0.4 is 10.4 Å². The molecular weight excluding hydrogens is 406 g/mol. The van der Waals surface area contributed by atoms with Crippen LogP contribution in [0.1, 0.15) is 5.69 Å². The Hall–Kier alpha value is -4.08. The summed E-state index contributed by atoms with van der Waals surface area (Å²) < 4.78 is 37.1. The van der Waals surface area contributed by atoms with Crippen molar-refractivity contribution in [2.24, 2.45) is 7.05 Å². The Morgan fingerprint density at radius 2 is 1.84 bits per heavy atom. The van der Waals surface area contributed by atoms with Gasteiger partial charge < -0.3 is 4.74 Å². The summed E-state index contributed by atoms with van der Waals surface area (Å²) in [5, 5.41) is 7.50. The number of pyridine rings is 2. The van der Waals surface area contributed by atoms with Crippen LogP contribution in [-0.2, 0) is 7.05 Å². The lowest BCUT2D eigenvalue weighted by atomic mass is 10.0. The number of ether oxygens (including phenoxy) is 1. The van der Waals surface area contributed by atoms with E-state index in [9.17, 15) is 13.6 Å². The van der Waals surface area contributed by atoms with E-state index in [1.165, 1.54) is 17.8 Å². The van der Waals surface area contributed by atoms with Crippen molar-refractivity contribution < 1.29 is 13.5 Å². The minimum atomic E-state index is -0.945. The summed E-state index contributed by atoms with van der Waals surface area (Å²) in [6.07, 6.45) is 4.97. The monoisotopic (exact) mass is 422 g/mol. The minimum absolute atomic E-state index is 0.326. The molecule has 4 heterocycles. The Bertz CT molecular complexity index is 1530. The standard InChI is InChI=1S/C21H16F2N6O2/c1-10-13(6-26-27-10)11-4-12-16(5-18(11)31-3)25-9-17-19(12)29(21(30)28(17)2)20-14(22)7-24-8-15(20)23/h4-9H,1-3H3,(H,26,27). The topological polar surface area (TPSA) is 90.6 Å².